The number of aryl methyl sites for hydroxylation is 1. The number of amides is 1. The van der Waals surface area contributed by atoms with Crippen LogP contribution in [-0.2, 0) is 16.6 Å². The minimum absolute atomic E-state index is 0.0467. The quantitative estimate of drug-likeness (QED) is 0.906. The molecule has 9 heteroatoms. The SMILES string of the molecule is O=C(NS(=O)(=O)c1ccc(F)cc1)c1cnn2c1OCCC2. The molecule has 0 unspecified atom stereocenters. The molecular formula is C13H12FN3O4S. The van der Waals surface area contributed by atoms with Crippen molar-refractivity contribution in [1.29, 1.82) is 0 Å². The highest BCUT2D eigenvalue weighted by atomic mass is 32.2. The summed E-state index contributed by atoms with van der Waals surface area (Å²) in [6, 6.07) is 4.16. The fraction of sp³-hybridized carbons (Fsp3) is 0.231. The van der Waals surface area contributed by atoms with E-state index in [2.05, 4.69) is 5.10 Å². The van der Waals surface area contributed by atoms with E-state index in [-0.39, 0.29) is 16.3 Å². The Morgan fingerprint density at radius 1 is 1.32 bits per heavy atom. The molecule has 1 aliphatic rings. The van der Waals surface area contributed by atoms with Crippen LogP contribution in [0.4, 0.5) is 4.39 Å². The molecule has 1 N–H and O–H groups in total. The van der Waals surface area contributed by atoms with Crippen molar-refractivity contribution in [2.75, 3.05) is 6.61 Å². The molecule has 2 aromatic rings. The first kappa shape index (κ1) is 14.5. The number of nitrogens with one attached hydrogen (secondary N) is 1. The highest BCUT2D eigenvalue weighted by Gasteiger charge is 2.25. The molecule has 0 radical (unpaired) electrons. The Hall–Kier alpha value is -2.42. The van der Waals surface area contributed by atoms with Crippen LogP contribution < -0.4 is 9.46 Å². The number of aromatic nitrogens is 2. The highest BCUT2D eigenvalue weighted by Crippen LogP contribution is 2.22. The first-order chi connectivity index (χ1) is 10.5. The van der Waals surface area contributed by atoms with Crippen molar-refractivity contribution in [3.63, 3.8) is 0 Å². The maximum Gasteiger partial charge on any atom is 0.272 e. The average Bonchev–Trinajstić information content (AvgIpc) is 2.91. The summed E-state index contributed by atoms with van der Waals surface area (Å²) in [7, 11) is -4.09. The summed E-state index contributed by atoms with van der Waals surface area (Å²) in [6.45, 7) is 1.05. The van der Waals surface area contributed by atoms with Crippen LogP contribution in [0.3, 0.4) is 0 Å². The molecule has 0 fully saturated rings. The van der Waals surface area contributed by atoms with Crippen LogP contribution in [0.15, 0.2) is 35.4 Å². The molecule has 1 aliphatic heterocycles. The Balaban J connectivity index is 1.84. The van der Waals surface area contributed by atoms with Crippen molar-refractivity contribution in [3.8, 4) is 5.88 Å². The number of halogens is 1. The van der Waals surface area contributed by atoms with E-state index in [4.69, 9.17) is 4.74 Å². The van der Waals surface area contributed by atoms with Gasteiger partial charge in [0.1, 0.15) is 11.4 Å². The molecule has 116 valence electrons. The predicted octanol–water partition coefficient (Wildman–Crippen LogP) is 0.923. The summed E-state index contributed by atoms with van der Waals surface area (Å²) < 4.78 is 45.8. The number of nitrogens with zero attached hydrogens (tertiary/aromatic N) is 2. The number of sulfonamides is 1. The molecule has 0 saturated heterocycles. The molecule has 1 amide bonds. The van der Waals surface area contributed by atoms with E-state index in [0.29, 0.717) is 13.2 Å². The van der Waals surface area contributed by atoms with E-state index in [0.717, 1.165) is 30.7 Å². The summed E-state index contributed by atoms with van der Waals surface area (Å²) in [5, 5.41) is 3.98. The summed E-state index contributed by atoms with van der Waals surface area (Å²) in [5.41, 5.74) is 0.0467. The fourth-order valence-electron chi connectivity index (χ4n) is 2.07. The summed E-state index contributed by atoms with van der Waals surface area (Å²) >= 11 is 0. The third-order valence-electron chi connectivity index (χ3n) is 3.14. The van der Waals surface area contributed by atoms with Crippen LogP contribution in [-0.4, -0.2) is 30.7 Å². The van der Waals surface area contributed by atoms with Gasteiger partial charge in [0.15, 0.2) is 0 Å². The van der Waals surface area contributed by atoms with Crippen molar-refractivity contribution in [1.82, 2.24) is 14.5 Å². The van der Waals surface area contributed by atoms with Gasteiger partial charge in [-0.1, -0.05) is 0 Å². The van der Waals surface area contributed by atoms with Crippen molar-refractivity contribution in [3.05, 3.63) is 41.8 Å². The van der Waals surface area contributed by atoms with Gasteiger partial charge in [-0.3, -0.25) is 4.79 Å². The van der Waals surface area contributed by atoms with Crippen LogP contribution in [0.25, 0.3) is 0 Å². The molecule has 22 heavy (non-hydrogen) atoms. The van der Waals surface area contributed by atoms with Gasteiger partial charge in [0.2, 0.25) is 5.88 Å². The largest absolute Gasteiger partial charge is 0.477 e. The van der Waals surface area contributed by atoms with Crippen molar-refractivity contribution >= 4 is 15.9 Å². The Labute approximate surface area is 125 Å². The average molecular weight is 325 g/mol. The molecule has 0 bridgehead atoms. The van der Waals surface area contributed by atoms with E-state index in [9.17, 15) is 17.6 Å². The van der Waals surface area contributed by atoms with Crippen LogP contribution in [0.5, 0.6) is 5.88 Å². The van der Waals surface area contributed by atoms with Gasteiger partial charge >= 0.3 is 0 Å². The number of ether oxygens (including phenoxy) is 1. The Bertz CT molecular complexity index is 814. The van der Waals surface area contributed by atoms with Crippen LogP contribution in [0.1, 0.15) is 16.8 Å². The molecule has 1 aromatic heterocycles. The number of rotatable bonds is 3. The topological polar surface area (TPSA) is 90.3 Å². The van der Waals surface area contributed by atoms with Crippen molar-refractivity contribution in [2.24, 2.45) is 0 Å². The molecule has 0 aliphatic carbocycles. The zero-order valence-corrected chi connectivity index (χ0v) is 12.1. The van der Waals surface area contributed by atoms with Gasteiger partial charge in [-0.15, -0.1) is 0 Å². The minimum Gasteiger partial charge on any atom is -0.477 e. The smallest absolute Gasteiger partial charge is 0.272 e. The number of hydrogen-bond donors (Lipinski definition) is 1. The molecule has 7 nitrogen and oxygen atoms in total. The molecule has 1 aromatic carbocycles. The summed E-state index contributed by atoms with van der Waals surface area (Å²) in [6.07, 6.45) is 2.03. The van der Waals surface area contributed by atoms with E-state index >= 15 is 0 Å². The lowest BCUT2D eigenvalue weighted by atomic mass is 10.3. The first-order valence-corrected chi connectivity index (χ1v) is 7.97. The lowest BCUT2D eigenvalue weighted by molar-refractivity contribution is 0.0975. The highest BCUT2D eigenvalue weighted by molar-refractivity contribution is 7.90. The zero-order valence-electron chi connectivity index (χ0n) is 11.3. The second-order valence-electron chi connectivity index (χ2n) is 4.68. The maximum absolute atomic E-state index is 12.8. The molecular weight excluding hydrogens is 313 g/mol. The van der Waals surface area contributed by atoms with E-state index in [1.807, 2.05) is 4.72 Å². The van der Waals surface area contributed by atoms with Gasteiger partial charge in [0.25, 0.3) is 15.9 Å². The van der Waals surface area contributed by atoms with E-state index in [1.54, 1.807) is 0 Å². The Morgan fingerprint density at radius 3 is 2.77 bits per heavy atom. The van der Waals surface area contributed by atoms with E-state index in [1.165, 1.54) is 10.9 Å². The Kier molecular flexibility index (Phi) is 3.57. The van der Waals surface area contributed by atoms with Gasteiger partial charge in [-0.25, -0.2) is 22.2 Å². The number of hydrogen-bond acceptors (Lipinski definition) is 5. The van der Waals surface area contributed by atoms with Crippen LogP contribution in [0.2, 0.25) is 0 Å². The molecule has 0 atom stereocenters. The van der Waals surface area contributed by atoms with Gasteiger partial charge in [0.05, 0.1) is 17.7 Å². The normalized spacial score (nSPS) is 14.0. The second-order valence-corrected chi connectivity index (χ2v) is 6.36. The standard InChI is InChI=1S/C13H12FN3O4S/c14-9-2-4-10(5-3-9)22(19,20)16-12(18)11-8-15-17-6-1-7-21-13(11)17/h2-5,8H,1,6-7H2,(H,16,18). The van der Waals surface area contributed by atoms with Crippen molar-refractivity contribution in [2.45, 2.75) is 17.9 Å². The molecule has 0 saturated carbocycles. The fourth-order valence-corrected chi connectivity index (χ4v) is 3.04. The summed E-state index contributed by atoms with van der Waals surface area (Å²) in [4.78, 5) is 11.9. The summed E-state index contributed by atoms with van der Waals surface area (Å²) in [5.74, 6) is -1.16. The van der Waals surface area contributed by atoms with Gasteiger partial charge < -0.3 is 4.74 Å². The lowest BCUT2D eigenvalue weighted by Gasteiger charge is -2.15. The molecule has 2 heterocycles. The van der Waals surface area contributed by atoms with E-state index < -0.39 is 21.7 Å². The van der Waals surface area contributed by atoms with Crippen molar-refractivity contribution < 1.29 is 22.3 Å². The predicted molar refractivity (Wildman–Crippen MR) is 73.4 cm³/mol. The Morgan fingerprint density at radius 2 is 2.05 bits per heavy atom. The molecule has 0 spiro atoms. The lowest BCUT2D eigenvalue weighted by Crippen LogP contribution is -2.31. The number of carbonyl (C=O) groups is 1. The zero-order chi connectivity index (χ0) is 15.7. The number of carbonyl (C=O) groups excluding carboxylic acids is 1. The number of benzene rings is 1. The van der Waals surface area contributed by atoms with Crippen LogP contribution >= 0.6 is 0 Å². The monoisotopic (exact) mass is 325 g/mol. The van der Waals surface area contributed by atoms with Gasteiger partial charge in [0, 0.05) is 13.0 Å². The van der Waals surface area contributed by atoms with Crippen LogP contribution in [0, 0.1) is 5.82 Å². The second kappa shape index (κ2) is 5.41. The van der Waals surface area contributed by atoms with Gasteiger partial charge in [-0.05, 0) is 24.3 Å². The minimum atomic E-state index is -4.09. The third-order valence-corrected chi connectivity index (χ3v) is 4.49. The third kappa shape index (κ3) is 2.67. The first-order valence-electron chi connectivity index (χ1n) is 6.49. The molecule has 3 rings (SSSR count). The number of fused-ring (bicyclic) bond motifs is 1. The van der Waals surface area contributed by atoms with Gasteiger partial charge in [-0.2, -0.15) is 5.10 Å². The maximum atomic E-state index is 12.8.